The molecule has 0 radical (unpaired) electrons. The Bertz CT molecular complexity index is 1070. The van der Waals surface area contributed by atoms with Crippen molar-refractivity contribution in [3.05, 3.63) is 52.5 Å². The first-order chi connectivity index (χ1) is 14.2. The quantitative estimate of drug-likeness (QED) is 0.520. The first-order valence-electron chi connectivity index (χ1n) is 9.47. The molecule has 0 saturated carbocycles. The second kappa shape index (κ2) is 9.78. The number of rotatable bonds is 6. The van der Waals surface area contributed by atoms with Crippen molar-refractivity contribution >= 4 is 39.2 Å². The number of nitrogens with zero attached hydrogens (tertiary/aromatic N) is 1. The second-order valence-corrected chi connectivity index (χ2v) is 8.44. The summed E-state index contributed by atoms with van der Waals surface area (Å²) in [6, 6.07) is 6.73. The number of hydrogen-bond donors (Lipinski definition) is 1. The van der Waals surface area contributed by atoms with Gasteiger partial charge < -0.3 is 19.9 Å². The largest absolute Gasteiger partial charge is 0.489 e. The molecule has 0 saturated heterocycles. The minimum absolute atomic E-state index is 0. The van der Waals surface area contributed by atoms with Crippen molar-refractivity contribution < 1.29 is 23.8 Å². The van der Waals surface area contributed by atoms with Crippen LogP contribution in [0.25, 0.3) is 10.1 Å². The Kier molecular flexibility index (Phi) is 7.62. The van der Waals surface area contributed by atoms with Crippen molar-refractivity contribution in [1.29, 1.82) is 0 Å². The van der Waals surface area contributed by atoms with Crippen LogP contribution in [0.2, 0.25) is 0 Å². The third kappa shape index (κ3) is 5.73. The number of esters is 2. The summed E-state index contributed by atoms with van der Waals surface area (Å²) < 4.78 is 17.0. The topological polar surface area (TPSA) is 101 Å². The Balaban J connectivity index is 0.00000341. The maximum Gasteiger partial charge on any atom is 0.341 e. The number of aromatic nitrogens is 1. The first kappa shape index (κ1) is 24.1. The van der Waals surface area contributed by atoms with Gasteiger partial charge in [0.15, 0.2) is 0 Å². The normalized spacial score (nSPS) is 11.0. The first-order valence-corrected chi connectivity index (χ1v) is 10.4. The number of nitrogens with two attached hydrogens (primary N) is 1. The molecule has 7 nitrogen and oxygen atoms in total. The van der Waals surface area contributed by atoms with Crippen molar-refractivity contribution in [3.63, 3.8) is 0 Å². The lowest BCUT2D eigenvalue weighted by Crippen LogP contribution is -2.23. The van der Waals surface area contributed by atoms with Crippen LogP contribution >= 0.6 is 11.3 Å². The number of anilines is 1. The van der Waals surface area contributed by atoms with Crippen molar-refractivity contribution in [3.8, 4) is 5.75 Å². The number of carbonyl (C=O) groups excluding carboxylic acids is 2. The summed E-state index contributed by atoms with van der Waals surface area (Å²) in [4.78, 5) is 28.4. The maximum atomic E-state index is 12.2. The summed E-state index contributed by atoms with van der Waals surface area (Å²) >= 11 is 1.39. The van der Waals surface area contributed by atoms with Gasteiger partial charge in [-0.1, -0.05) is 7.43 Å². The van der Waals surface area contributed by atoms with E-state index in [1.165, 1.54) is 17.5 Å². The molecule has 1 aromatic carbocycles. The average Bonchev–Trinajstić information content (AvgIpc) is 3.11. The van der Waals surface area contributed by atoms with E-state index in [9.17, 15) is 9.59 Å². The molecular weight excluding hydrogens is 416 g/mol. The molecule has 2 N–H and O–H groups in total. The standard InChI is InChI=1S/C22H24N2O5S.CH4/c1-5-27-21(26)16-10-24-19(23)17-14(12-30-18(16)17)11-28-15-8-6-13(7-9-15)20(25)29-22(2,3)4;/h6-10,12H,5,11H2,1-4H3,(H2,23,24);1H4. The lowest BCUT2D eigenvalue weighted by Gasteiger charge is -2.19. The van der Waals surface area contributed by atoms with E-state index in [2.05, 4.69) is 4.98 Å². The van der Waals surface area contributed by atoms with Gasteiger partial charge in [-0.3, -0.25) is 0 Å². The van der Waals surface area contributed by atoms with E-state index in [4.69, 9.17) is 19.9 Å². The maximum absolute atomic E-state index is 12.2. The number of benzene rings is 1. The highest BCUT2D eigenvalue weighted by Gasteiger charge is 2.19. The Labute approximate surface area is 186 Å². The summed E-state index contributed by atoms with van der Waals surface area (Å²) in [5, 5.41) is 2.58. The van der Waals surface area contributed by atoms with Gasteiger partial charge in [0, 0.05) is 17.1 Å². The zero-order chi connectivity index (χ0) is 21.9. The highest BCUT2D eigenvalue weighted by Crippen LogP contribution is 2.33. The van der Waals surface area contributed by atoms with Crippen LogP contribution in [0.4, 0.5) is 5.82 Å². The minimum atomic E-state index is -0.553. The number of thiophene rings is 1. The Hall–Kier alpha value is -3.13. The lowest BCUT2D eigenvalue weighted by molar-refractivity contribution is 0.00692. The number of fused-ring (bicyclic) bond motifs is 1. The molecule has 166 valence electrons. The van der Waals surface area contributed by atoms with Crippen molar-refractivity contribution in [1.82, 2.24) is 4.98 Å². The SMILES string of the molecule is C.CCOC(=O)c1cnc(N)c2c(COc3ccc(C(=O)OC(C)(C)C)cc3)csc12. The van der Waals surface area contributed by atoms with Crippen LogP contribution in [0, 0.1) is 0 Å². The third-order valence-corrected chi connectivity index (χ3v) is 5.14. The van der Waals surface area contributed by atoms with Gasteiger partial charge in [0.05, 0.1) is 22.4 Å². The molecule has 3 aromatic rings. The van der Waals surface area contributed by atoms with Crippen LogP contribution in [-0.4, -0.2) is 29.1 Å². The minimum Gasteiger partial charge on any atom is -0.489 e. The molecule has 0 aliphatic rings. The predicted molar refractivity (Wildman–Crippen MR) is 123 cm³/mol. The van der Waals surface area contributed by atoms with Crippen LogP contribution in [0.5, 0.6) is 5.75 Å². The van der Waals surface area contributed by atoms with Gasteiger partial charge in [-0.25, -0.2) is 14.6 Å². The molecule has 0 aliphatic heterocycles. The van der Waals surface area contributed by atoms with Gasteiger partial charge in [0.2, 0.25) is 0 Å². The summed E-state index contributed by atoms with van der Waals surface area (Å²) in [7, 11) is 0. The molecule has 0 fully saturated rings. The Morgan fingerprint density at radius 2 is 1.81 bits per heavy atom. The fraction of sp³-hybridized carbons (Fsp3) is 0.348. The van der Waals surface area contributed by atoms with Crippen LogP contribution in [0.1, 0.15) is 61.4 Å². The van der Waals surface area contributed by atoms with Crippen LogP contribution in [0.3, 0.4) is 0 Å². The van der Waals surface area contributed by atoms with Crippen LogP contribution in [-0.2, 0) is 16.1 Å². The second-order valence-electron chi connectivity index (χ2n) is 7.56. The average molecular weight is 445 g/mol. The molecule has 8 heteroatoms. The van der Waals surface area contributed by atoms with Gasteiger partial charge in [-0.2, -0.15) is 0 Å². The van der Waals surface area contributed by atoms with Gasteiger partial charge in [-0.15, -0.1) is 11.3 Å². The predicted octanol–water partition coefficient (Wildman–Crippen LogP) is 5.23. The molecule has 0 amide bonds. The molecule has 3 rings (SSSR count). The number of ether oxygens (including phenoxy) is 3. The van der Waals surface area contributed by atoms with Crippen molar-refractivity contribution in [2.75, 3.05) is 12.3 Å². The van der Waals surface area contributed by atoms with E-state index in [1.54, 1.807) is 31.2 Å². The van der Waals surface area contributed by atoms with E-state index in [0.29, 0.717) is 28.1 Å². The van der Waals surface area contributed by atoms with Gasteiger partial charge >= 0.3 is 11.9 Å². The molecule has 2 heterocycles. The van der Waals surface area contributed by atoms with Gasteiger partial charge in [0.25, 0.3) is 0 Å². The molecule has 0 unspecified atom stereocenters. The van der Waals surface area contributed by atoms with E-state index < -0.39 is 11.6 Å². The van der Waals surface area contributed by atoms with Gasteiger partial charge in [0.1, 0.15) is 23.8 Å². The summed E-state index contributed by atoms with van der Waals surface area (Å²) in [5.41, 5.74) is 7.16. The van der Waals surface area contributed by atoms with E-state index in [-0.39, 0.29) is 26.6 Å². The molecule has 0 bridgehead atoms. The number of carbonyl (C=O) groups is 2. The Morgan fingerprint density at radius 3 is 2.42 bits per heavy atom. The zero-order valence-electron chi connectivity index (χ0n) is 17.4. The van der Waals surface area contributed by atoms with E-state index >= 15 is 0 Å². The smallest absolute Gasteiger partial charge is 0.341 e. The van der Waals surface area contributed by atoms with Crippen molar-refractivity contribution in [2.45, 2.75) is 47.3 Å². The Morgan fingerprint density at radius 1 is 1.13 bits per heavy atom. The number of hydrogen-bond acceptors (Lipinski definition) is 8. The number of pyridine rings is 1. The highest BCUT2D eigenvalue weighted by molar-refractivity contribution is 7.17. The monoisotopic (exact) mass is 444 g/mol. The van der Waals surface area contributed by atoms with Crippen LogP contribution < -0.4 is 10.5 Å². The number of nitrogen functional groups attached to an aromatic ring is 1. The molecular formula is C23H28N2O5S. The van der Waals surface area contributed by atoms with Crippen LogP contribution in [0.15, 0.2) is 35.8 Å². The summed E-state index contributed by atoms with van der Waals surface area (Å²) in [5.74, 6) is 0.109. The van der Waals surface area contributed by atoms with E-state index in [1.807, 2.05) is 26.2 Å². The molecule has 31 heavy (non-hydrogen) atoms. The molecule has 0 atom stereocenters. The fourth-order valence-corrected chi connectivity index (χ4v) is 3.84. The summed E-state index contributed by atoms with van der Waals surface area (Å²) in [6.45, 7) is 7.74. The van der Waals surface area contributed by atoms with Gasteiger partial charge in [-0.05, 0) is 57.3 Å². The zero-order valence-corrected chi connectivity index (χ0v) is 18.2. The summed E-state index contributed by atoms with van der Waals surface area (Å²) in [6.07, 6.45) is 1.44. The molecule has 0 spiro atoms. The molecule has 0 aliphatic carbocycles. The van der Waals surface area contributed by atoms with Crippen molar-refractivity contribution in [2.24, 2.45) is 0 Å². The lowest BCUT2D eigenvalue weighted by atomic mass is 10.1. The molecule has 2 aromatic heterocycles. The fourth-order valence-electron chi connectivity index (χ4n) is 2.78. The van der Waals surface area contributed by atoms with E-state index in [0.717, 1.165) is 10.3 Å². The third-order valence-electron chi connectivity index (χ3n) is 4.08. The highest BCUT2D eigenvalue weighted by atomic mass is 32.1.